The fourth-order valence-corrected chi connectivity index (χ4v) is 3.65. The van der Waals surface area contributed by atoms with E-state index in [9.17, 15) is 4.79 Å². The summed E-state index contributed by atoms with van der Waals surface area (Å²) in [7, 11) is 2.04. The minimum Gasteiger partial charge on any atom is -0.343 e. The van der Waals surface area contributed by atoms with Crippen LogP contribution in [0.2, 0.25) is 0 Å². The van der Waals surface area contributed by atoms with Crippen LogP contribution in [0.3, 0.4) is 0 Å². The molecule has 0 unspecified atom stereocenters. The summed E-state index contributed by atoms with van der Waals surface area (Å²) in [5.41, 5.74) is 0. The molecule has 1 heterocycles. The molecule has 2 fully saturated rings. The van der Waals surface area contributed by atoms with Crippen molar-refractivity contribution in [1.82, 2.24) is 10.2 Å². The van der Waals surface area contributed by atoms with Crippen molar-refractivity contribution in [1.29, 1.82) is 0 Å². The second-order valence-electron chi connectivity index (χ2n) is 6.52. The first-order chi connectivity index (χ1) is 9.18. The average Bonchev–Trinajstić information content (AvgIpc) is 2.37. The van der Waals surface area contributed by atoms with E-state index in [1.165, 1.54) is 44.9 Å². The van der Waals surface area contributed by atoms with Gasteiger partial charge in [-0.3, -0.25) is 4.79 Å². The van der Waals surface area contributed by atoms with Gasteiger partial charge in [-0.15, -0.1) is 0 Å². The van der Waals surface area contributed by atoms with Crippen LogP contribution >= 0.6 is 0 Å². The summed E-state index contributed by atoms with van der Waals surface area (Å²) in [5, 5.41) is 3.43. The molecule has 2 atom stereocenters. The molecule has 2 aliphatic rings. The molecule has 0 bridgehead atoms. The second kappa shape index (κ2) is 7.28. The molecule has 19 heavy (non-hydrogen) atoms. The largest absolute Gasteiger partial charge is 0.343 e. The van der Waals surface area contributed by atoms with Crippen LogP contribution in [0, 0.1) is 5.92 Å². The molecule has 1 aliphatic heterocycles. The SMILES string of the molecule is C[C@H]1C[C@@H](C(=O)N(C)C2CCCCCCC2)CCN1. The van der Waals surface area contributed by atoms with Crippen molar-refractivity contribution in [2.75, 3.05) is 13.6 Å². The first-order valence-corrected chi connectivity index (χ1v) is 8.18. The van der Waals surface area contributed by atoms with E-state index in [0.717, 1.165) is 19.4 Å². The summed E-state index contributed by atoms with van der Waals surface area (Å²) in [6.07, 6.45) is 11.1. The highest BCUT2D eigenvalue weighted by atomic mass is 16.2. The molecular weight excluding hydrogens is 236 g/mol. The number of nitrogens with zero attached hydrogens (tertiary/aromatic N) is 1. The Morgan fingerprint density at radius 1 is 1.05 bits per heavy atom. The number of hydrogen-bond acceptors (Lipinski definition) is 2. The van der Waals surface area contributed by atoms with Gasteiger partial charge in [-0.1, -0.05) is 32.1 Å². The number of nitrogens with one attached hydrogen (secondary N) is 1. The molecule has 1 aliphatic carbocycles. The van der Waals surface area contributed by atoms with Crippen LogP contribution in [-0.2, 0) is 4.79 Å². The number of piperidine rings is 1. The highest BCUT2D eigenvalue weighted by Crippen LogP contribution is 2.24. The van der Waals surface area contributed by atoms with Crippen molar-refractivity contribution in [2.24, 2.45) is 5.92 Å². The second-order valence-corrected chi connectivity index (χ2v) is 6.52. The maximum absolute atomic E-state index is 12.6. The lowest BCUT2D eigenvalue weighted by atomic mass is 9.90. The van der Waals surface area contributed by atoms with Gasteiger partial charge in [-0.25, -0.2) is 0 Å². The monoisotopic (exact) mass is 266 g/mol. The first kappa shape index (κ1) is 14.8. The van der Waals surface area contributed by atoms with Crippen LogP contribution in [0.25, 0.3) is 0 Å². The van der Waals surface area contributed by atoms with E-state index in [2.05, 4.69) is 17.1 Å². The zero-order valence-electron chi connectivity index (χ0n) is 12.7. The van der Waals surface area contributed by atoms with Gasteiger partial charge in [0.25, 0.3) is 0 Å². The van der Waals surface area contributed by atoms with E-state index in [4.69, 9.17) is 0 Å². The maximum atomic E-state index is 12.6. The third-order valence-corrected chi connectivity index (χ3v) is 4.94. The molecule has 0 aromatic heterocycles. The van der Waals surface area contributed by atoms with E-state index >= 15 is 0 Å². The van der Waals surface area contributed by atoms with E-state index in [-0.39, 0.29) is 5.92 Å². The molecule has 1 N–H and O–H groups in total. The number of amides is 1. The lowest BCUT2D eigenvalue weighted by molar-refractivity contribution is -0.137. The zero-order valence-corrected chi connectivity index (χ0v) is 12.7. The summed E-state index contributed by atoms with van der Waals surface area (Å²) < 4.78 is 0. The van der Waals surface area contributed by atoms with E-state index in [0.29, 0.717) is 18.0 Å². The molecule has 3 nitrogen and oxygen atoms in total. The van der Waals surface area contributed by atoms with Crippen molar-refractivity contribution >= 4 is 5.91 Å². The Balaban J connectivity index is 1.89. The molecule has 0 aromatic carbocycles. The Hall–Kier alpha value is -0.570. The highest BCUT2D eigenvalue weighted by molar-refractivity contribution is 5.79. The van der Waals surface area contributed by atoms with Gasteiger partial charge in [-0.2, -0.15) is 0 Å². The van der Waals surface area contributed by atoms with Crippen LogP contribution in [0.5, 0.6) is 0 Å². The fraction of sp³-hybridized carbons (Fsp3) is 0.938. The Morgan fingerprint density at radius 3 is 2.32 bits per heavy atom. The Morgan fingerprint density at radius 2 is 1.68 bits per heavy atom. The van der Waals surface area contributed by atoms with Crippen molar-refractivity contribution in [2.45, 2.75) is 76.8 Å². The summed E-state index contributed by atoms with van der Waals surface area (Å²) >= 11 is 0. The van der Waals surface area contributed by atoms with E-state index in [1.807, 2.05) is 7.05 Å². The predicted octanol–water partition coefficient (Wildman–Crippen LogP) is 2.95. The van der Waals surface area contributed by atoms with Gasteiger partial charge in [0.1, 0.15) is 0 Å². The first-order valence-electron chi connectivity index (χ1n) is 8.18. The summed E-state index contributed by atoms with van der Waals surface area (Å²) in [5.74, 6) is 0.658. The average molecular weight is 266 g/mol. The fourth-order valence-electron chi connectivity index (χ4n) is 3.65. The van der Waals surface area contributed by atoms with Gasteiger partial charge in [0.2, 0.25) is 5.91 Å². The number of hydrogen-bond donors (Lipinski definition) is 1. The number of rotatable bonds is 2. The lowest BCUT2D eigenvalue weighted by Gasteiger charge is -2.35. The molecule has 0 aromatic rings. The van der Waals surface area contributed by atoms with Crippen molar-refractivity contribution in [3.63, 3.8) is 0 Å². The van der Waals surface area contributed by atoms with Crippen LogP contribution < -0.4 is 5.32 Å². The van der Waals surface area contributed by atoms with Crippen LogP contribution in [-0.4, -0.2) is 36.5 Å². The Labute approximate surface area is 118 Å². The summed E-state index contributed by atoms with van der Waals surface area (Å²) in [6.45, 7) is 3.19. The van der Waals surface area contributed by atoms with Crippen LogP contribution in [0.4, 0.5) is 0 Å². The molecule has 2 rings (SSSR count). The molecule has 1 saturated carbocycles. The van der Waals surface area contributed by atoms with Gasteiger partial charge < -0.3 is 10.2 Å². The topological polar surface area (TPSA) is 32.3 Å². The number of carbonyl (C=O) groups excluding carboxylic acids is 1. The van der Waals surface area contributed by atoms with Gasteiger partial charge in [0.15, 0.2) is 0 Å². The van der Waals surface area contributed by atoms with Crippen molar-refractivity contribution < 1.29 is 4.79 Å². The van der Waals surface area contributed by atoms with Crippen molar-refractivity contribution in [3.05, 3.63) is 0 Å². The molecule has 110 valence electrons. The van der Waals surface area contributed by atoms with Gasteiger partial charge >= 0.3 is 0 Å². The maximum Gasteiger partial charge on any atom is 0.225 e. The minimum absolute atomic E-state index is 0.256. The number of carbonyl (C=O) groups is 1. The standard InChI is InChI=1S/C16H30N2O/c1-13-12-14(10-11-17-13)16(19)18(2)15-8-6-4-3-5-7-9-15/h13-15,17H,3-12H2,1-2H3/t13-,14-/m0/s1. The Kier molecular flexibility index (Phi) is 5.68. The van der Waals surface area contributed by atoms with E-state index < -0.39 is 0 Å². The van der Waals surface area contributed by atoms with Gasteiger partial charge in [-0.05, 0) is 39.2 Å². The normalized spacial score (nSPS) is 30.4. The minimum atomic E-state index is 0.256. The molecule has 0 radical (unpaired) electrons. The molecule has 0 spiro atoms. The highest BCUT2D eigenvalue weighted by Gasteiger charge is 2.30. The lowest BCUT2D eigenvalue weighted by Crippen LogP contribution is -2.46. The van der Waals surface area contributed by atoms with Gasteiger partial charge in [0.05, 0.1) is 0 Å². The zero-order chi connectivity index (χ0) is 13.7. The van der Waals surface area contributed by atoms with Crippen molar-refractivity contribution in [3.8, 4) is 0 Å². The summed E-state index contributed by atoms with van der Waals surface area (Å²) in [6, 6.07) is 0.992. The van der Waals surface area contributed by atoms with Crippen LogP contribution in [0.1, 0.15) is 64.7 Å². The van der Waals surface area contributed by atoms with Crippen LogP contribution in [0.15, 0.2) is 0 Å². The quantitative estimate of drug-likeness (QED) is 0.833. The summed E-state index contributed by atoms with van der Waals surface area (Å²) in [4.78, 5) is 14.7. The van der Waals surface area contributed by atoms with Gasteiger partial charge in [0, 0.05) is 25.0 Å². The molecule has 3 heteroatoms. The molecule has 1 amide bonds. The molecular formula is C16H30N2O. The molecule has 1 saturated heterocycles. The third kappa shape index (κ3) is 4.20. The van der Waals surface area contributed by atoms with E-state index in [1.54, 1.807) is 0 Å². The predicted molar refractivity (Wildman–Crippen MR) is 79.1 cm³/mol. The Bertz CT molecular complexity index is 284. The third-order valence-electron chi connectivity index (χ3n) is 4.94. The smallest absolute Gasteiger partial charge is 0.225 e.